The van der Waals surface area contributed by atoms with Crippen LogP contribution in [0.5, 0.6) is 0 Å². The van der Waals surface area contributed by atoms with Crippen molar-refractivity contribution < 1.29 is 14.3 Å². The van der Waals surface area contributed by atoms with E-state index in [0.717, 1.165) is 36.9 Å². The van der Waals surface area contributed by atoms with Crippen LogP contribution >= 0.6 is 0 Å². The predicted octanol–water partition coefficient (Wildman–Crippen LogP) is 2.60. The Labute approximate surface area is 156 Å². The molecule has 2 fully saturated rings. The highest BCUT2D eigenvalue weighted by molar-refractivity contribution is 5.81. The van der Waals surface area contributed by atoms with Gasteiger partial charge in [0.15, 0.2) is 0 Å². The highest BCUT2D eigenvalue weighted by Crippen LogP contribution is 2.49. The molecular weight excluding hydrogens is 328 g/mol. The van der Waals surface area contributed by atoms with E-state index >= 15 is 0 Å². The SMILES string of the molecule is CNC(=O)C[C@@H]1OC(C)(C)C[C@]12CCCN2C(=O)Cc1ccccc1C. The molecular formula is C21H30N2O3. The summed E-state index contributed by atoms with van der Waals surface area (Å²) in [6.45, 7) is 6.90. The van der Waals surface area contributed by atoms with Crippen LogP contribution in [-0.2, 0) is 20.7 Å². The first kappa shape index (κ1) is 18.9. The quantitative estimate of drug-likeness (QED) is 0.900. The Morgan fingerprint density at radius 2 is 2.04 bits per heavy atom. The predicted molar refractivity (Wildman–Crippen MR) is 101 cm³/mol. The number of nitrogens with zero attached hydrogens (tertiary/aromatic N) is 1. The van der Waals surface area contributed by atoms with Crippen LogP contribution in [0.25, 0.3) is 0 Å². The molecule has 1 spiro atoms. The normalized spacial score (nSPS) is 27.1. The van der Waals surface area contributed by atoms with Crippen LogP contribution in [0, 0.1) is 6.92 Å². The van der Waals surface area contributed by atoms with Crippen molar-refractivity contribution in [1.29, 1.82) is 0 Å². The van der Waals surface area contributed by atoms with E-state index in [1.54, 1.807) is 7.05 Å². The summed E-state index contributed by atoms with van der Waals surface area (Å²) in [5.74, 6) is 0.102. The Morgan fingerprint density at radius 3 is 2.73 bits per heavy atom. The number of carbonyl (C=O) groups excluding carboxylic acids is 2. The molecule has 2 aliphatic heterocycles. The standard InChI is InChI=1S/C21H30N2O3/c1-15-8-5-6-9-16(15)12-19(25)23-11-7-10-21(23)14-20(2,3)26-17(21)13-18(24)22-4/h5-6,8-9,17H,7,10-14H2,1-4H3,(H,22,24)/t17-,21+/m0/s1. The summed E-state index contributed by atoms with van der Waals surface area (Å²) in [6, 6.07) is 8.03. The number of aryl methyl sites for hydroxylation is 1. The second kappa shape index (κ2) is 7.03. The Hall–Kier alpha value is -1.88. The van der Waals surface area contributed by atoms with E-state index in [9.17, 15) is 9.59 Å². The molecule has 142 valence electrons. The van der Waals surface area contributed by atoms with Crippen LogP contribution in [0.3, 0.4) is 0 Å². The molecule has 5 nitrogen and oxygen atoms in total. The lowest BCUT2D eigenvalue weighted by atomic mass is 9.82. The van der Waals surface area contributed by atoms with Gasteiger partial charge < -0.3 is 15.0 Å². The van der Waals surface area contributed by atoms with Gasteiger partial charge in [0.05, 0.1) is 30.1 Å². The minimum Gasteiger partial charge on any atom is -0.369 e. The van der Waals surface area contributed by atoms with Gasteiger partial charge in [0, 0.05) is 20.0 Å². The lowest BCUT2D eigenvalue weighted by Gasteiger charge is -2.39. The van der Waals surface area contributed by atoms with E-state index in [1.807, 2.05) is 36.1 Å². The zero-order chi connectivity index (χ0) is 18.9. The molecule has 0 bridgehead atoms. The summed E-state index contributed by atoms with van der Waals surface area (Å²) in [5, 5.41) is 2.69. The number of hydrogen-bond acceptors (Lipinski definition) is 3. The molecule has 2 atom stereocenters. The Balaban J connectivity index is 1.85. The maximum atomic E-state index is 13.2. The maximum absolute atomic E-state index is 13.2. The summed E-state index contributed by atoms with van der Waals surface area (Å²) in [5.41, 5.74) is 1.51. The average molecular weight is 358 g/mol. The first-order valence-electron chi connectivity index (χ1n) is 9.51. The van der Waals surface area contributed by atoms with Crippen molar-refractivity contribution in [2.75, 3.05) is 13.6 Å². The largest absolute Gasteiger partial charge is 0.369 e. The lowest BCUT2D eigenvalue weighted by molar-refractivity contribution is -0.139. The van der Waals surface area contributed by atoms with Gasteiger partial charge in [-0.15, -0.1) is 0 Å². The topological polar surface area (TPSA) is 58.6 Å². The van der Waals surface area contributed by atoms with Gasteiger partial charge in [0.2, 0.25) is 11.8 Å². The smallest absolute Gasteiger partial charge is 0.227 e. The van der Waals surface area contributed by atoms with Crippen molar-refractivity contribution in [3.05, 3.63) is 35.4 Å². The van der Waals surface area contributed by atoms with E-state index in [0.29, 0.717) is 12.8 Å². The number of ether oxygens (including phenoxy) is 1. The van der Waals surface area contributed by atoms with Gasteiger partial charge >= 0.3 is 0 Å². The molecule has 0 saturated carbocycles. The molecule has 26 heavy (non-hydrogen) atoms. The van der Waals surface area contributed by atoms with Crippen LogP contribution in [-0.4, -0.2) is 47.6 Å². The molecule has 0 aromatic heterocycles. The summed E-state index contributed by atoms with van der Waals surface area (Å²) < 4.78 is 6.26. The summed E-state index contributed by atoms with van der Waals surface area (Å²) in [6.07, 6.45) is 3.10. The molecule has 0 radical (unpaired) electrons. The number of carbonyl (C=O) groups is 2. The van der Waals surface area contributed by atoms with E-state index in [-0.39, 0.29) is 29.1 Å². The number of likely N-dealkylation sites (tertiary alicyclic amines) is 1. The average Bonchev–Trinajstić information content (AvgIpc) is 3.10. The zero-order valence-electron chi connectivity index (χ0n) is 16.3. The monoisotopic (exact) mass is 358 g/mol. The number of hydrogen-bond donors (Lipinski definition) is 1. The highest BCUT2D eigenvalue weighted by atomic mass is 16.5. The molecule has 2 saturated heterocycles. The second-order valence-electron chi connectivity index (χ2n) is 8.28. The first-order valence-corrected chi connectivity index (χ1v) is 9.51. The van der Waals surface area contributed by atoms with Gasteiger partial charge in [0.25, 0.3) is 0 Å². The third kappa shape index (κ3) is 3.50. The van der Waals surface area contributed by atoms with Gasteiger partial charge in [-0.2, -0.15) is 0 Å². The molecule has 2 heterocycles. The van der Waals surface area contributed by atoms with E-state index in [4.69, 9.17) is 4.74 Å². The first-order chi connectivity index (χ1) is 12.3. The molecule has 1 aromatic carbocycles. The van der Waals surface area contributed by atoms with Crippen LogP contribution in [0.15, 0.2) is 24.3 Å². The van der Waals surface area contributed by atoms with Gasteiger partial charge in [-0.25, -0.2) is 0 Å². The number of rotatable bonds is 4. The lowest BCUT2D eigenvalue weighted by Crippen LogP contribution is -2.54. The van der Waals surface area contributed by atoms with Crippen LogP contribution < -0.4 is 5.32 Å². The van der Waals surface area contributed by atoms with Crippen molar-refractivity contribution in [2.24, 2.45) is 0 Å². The minimum atomic E-state index is -0.365. The molecule has 5 heteroatoms. The Morgan fingerprint density at radius 1 is 1.31 bits per heavy atom. The minimum absolute atomic E-state index is 0.0368. The zero-order valence-corrected chi connectivity index (χ0v) is 16.3. The molecule has 2 amide bonds. The fourth-order valence-electron chi connectivity index (χ4n) is 4.75. The third-order valence-corrected chi connectivity index (χ3v) is 5.88. The fourth-order valence-corrected chi connectivity index (χ4v) is 4.75. The van der Waals surface area contributed by atoms with Crippen molar-refractivity contribution in [2.45, 2.75) is 70.1 Å². The van der Waals surface area contributed by atoms with Crippen LogP contribution in [0.2, 0.25) is 0 Å². The van der Waals surface area contributed by atoms with Crippen molar-refractivity contribution in [3.8, 4) is 0 Å². The van der Waals surface area contributed by atoms with Crippen LogP contribution in [0.1, 0.15) is 50.7 Å². The van der Waals surface area contributed by atoms with E-state index < -0.39 is 0 Å². The third-order valence-electron chi connectivity index (χ3n) is 5.88. The molecule has 3 rings (SSSR count). The van der Waals surface area contributed by atoms with Crippen molar-refractivity contribution >= 4 is 11.8 Å². The van der Waals surface area contributed by atoms with Gasteiger partial charge in [-0.1, -0.05) is 24.3 Å². The number of benzene rings is 1. The summed E-state index contributed by atoms with van der Waals surface area (Å²) in [4.78, 5) is 27.3. The molecule has 0 unspecified atom stereocenters. The summed E-state index contributed by atoms with van der Waals surface area (Å²) in [7, 11) is 1.64. The molecule has 2 aliphatic rings. The van der Waals surface area contributed by atoms with E-state index in [1.165, 1.54) is 0 Å². The van der Waals surface area contributed by atoms with Gasteiger partial charge in [-0.05, 0) is 44.7 Å². The maximum Gasteiger partial charge on any atom is 0.227 e. The summed E-state index contributed by atoms with van der Waals surface area (Å²) >= 11 is 0. The van der Waals surface area contributed by atoms with Gasteiger partial charge in [0.1, 0.15) is 0 Å². The van der Waals surface area contributed by atoms with Crippen LogP contribution in [0.4, 0.5) is 0 Å². The number of nitrogens with one attached hydrogen (secondary N) is 1. The fraction of sp³-hybridized carbons (Fsp3) is 0.619. The second-order valence-corrected chi connectivity index (χ2v) is 8.28. The highest BCUT2D eigenvalue weighted by Gasteiger charge is 2.58. The molecule has 1 N–H and O–H groups in total. The molecule has 0 aliphatic carbocycles. The van der Waals surface area contributed by atoms with Gasteiger partial charge in [-0.3, -0.25) is 9.59 Å². The Kier molecular flexibility index (Phi) is 5.11. The number of amides is 2. The molecule has 1 aromatic rings. The Bertz CT molecular complexity index is 700. The van der Waals surface area contributed by atoms with E-state index in [2.05, 4.69) is 19.2 Å². The van der Waals surface area contributed by atoms with Crippen molar-refractivity contribution in [3.63, 3.8) is 0 Å². The van der Waals surface area contributed by atoms with Crippen molar-refractivity contribution in [1.82, 2.24) is 10.2 Å².